The molecule has 2 nitrogen and oxygen atoms in total. The Bertz CT molecular complexity index is 199. The molecule has 2 aliphatic rings. The summed E-state index contributed by atoms with van der Waals surface area (Å²) in [6.07, 6.45) is 10.0. The largest absolute Gasteiger partial charge is 0.393 e. The monoisotopic (exact) mass is 225 g/mol. The molecule has 2 rings (SSSR count). The van der Waals surface area contributed by atoms with Crippen LogP contribution in [0.5, 0.6) is 0 Å². The molecular weight excluding hydrogens is 198 g/mol. The minimum absolute atomic E-state index is 0.0216. The summed E-state index contributed by atoms with van der Waals surface area (Å²) < 4.78 is 0. The number of hydrogen-bond donors (Lipinski definition) is 2. The maximum absolute atomic E-state index is 9.46. The third-order valence-electron chi connectivity index (χ3n) is 4.65. The van der Waals surface area contributed by atoms with Crippen molar-refractivity contribution in [2.24, 2.45) is 11.8 Å². The highest BCUT2D eigenvalue weighted by Gasteiger charge is 2.23. The SMILES string of the molecule is CC1CCCCC1CNC1CCC(O)CC1. The first-order valence-electron chi connectivity index (χ1n) is 7.17. The highest BCUT2D eigenvalue weighted by Crippen LogP contribution is 2.29. The second-order valence-corrected chi connectivity index (χ2v) is 5.94. The molecule has 0 aromatic heterocycles. The Morgan fingerprint density at radius 1 is 1.00 bits per heavy atom. The standard InChI is InChI=1S/C14H27NO/c1-11-4-2-3-5-12(11)10-15-13-6-8-14(16)9-7-13/h11-16H,2-10H2,1H3. The fourth-order valence-electron chi connectivity index (χ4n) is 3.29. The fraction of sp³-hybridized carbons (Fsp3) is 1.00. The van der Waals surface area contributed by atoms with Gasteiger partial charge in [0.2, 0.25) is 0 Å². The van der Waals surface area contributed by atoms with Crippen molar-refractivity contribution in [2.45, 2.75) is 70.4 Å². The van der Waals surface area contributed by atoms with E-state index in [2.05, 4.69) is 12.2 Å². The van der Waals surface area contributed by atoms with Crippen molar-refractivity contribution in [3.63, 3.8) is 0 Å². The van der Waals surface area contributed by atoms with Crippen molar-refractivity contribution in [3.05, 3.63) is 0 Å². The van der Waals surface area contributed by atoms with Crippen LogP contribution in [0.25, 0.3) is 0 Å². The molecule has 2 heteroatoms. The molecule has 2 atom stereocenters. The lowest BCUT2D eigenvalue weighted by molar-refractivity contribution is 0.113. The minimum Gasteiger partial charge on any atom is -0.393 e. The normalized spacial score (nSPS) is 40.9. The lowest BCUT2D eigenvalue weighted by Gasteiger charge is -2.32. The van der Waals surface area contributed by atoms with Gasteiger partial charge in [0.1, 0.15) is 0 Å². The van der Waals surface area contributed by atoms with Crippen LogP contribution in [-0.2, 0) is 0 Å². The fourth-order valence-corrected chi connectivity index (χ4v) is 3.29. The summed E-state index contributed by atoms with van der Waals surface area (Å²) >= 11 is 0. The van der Waals surface area contributed by atoms with Crippen LogP contribution in [0.4, 0.5) is 0 Å². The average molecular weight is 225 g/mol. The Morgan fingerprint density at radius 3 is 2.38 bits per heavy atom. The van der Waals surface area contributed by atoms with E-state index >= 15 is 0 Å². The number of rotatable bonds is 3. The summed E-state index contributed by atoms with van der Waals surface area (Å²) in [7, 11) is 0. The molecule has 2 aliphatic carbocycles. The molecule has 2 fully saturated rings. The quantitative estimate of drug-likeness (QED) is 0.774. The molecule has 0 heterocycles. The molecule has 0 radical (unpaired) electrons. The number of aliphatic hydroxyl groups excluding tert-OH is 1. The van der Waals surface area contributed by atoms with Gasteiger partial charge in [-0.15, -0.1) is 0 Å². The van der Waals surface area contributed by atoms with Crippen molar-refractivity contribution in [1.82, 2.24) is 5.32 Å². The van der Waals surface area contributed by atoms with Gasteiger partial charge in [-0.05, 0) is 50.5 Å². The number of nitrogens with one attached hydrogen (secondary N) is 1. The van der Waals surface area contributed by atoms with Crippen molar-refractivity contribution in [1.29, 1.82) is 0 Å². The first-order valence-corrected chi connectivity index (χ1v) is 7.17. The Kier molecular flexibility index (Phi) is 4.66. The van der Waals surface area contributed by atoms with Gasteiger partial charge in [-0.3, -0.25) is 0 Å². The maximum atomic E-state index is 9.46. The van der Waals surface area contributed by atoms with Gasteiger partial charge >= 0.3 is 0 Å². The van der Waals surface area contributed by atoms with E-state index in [1.54, 1.807) is 0 Å². The molecule has 0 spiro atoms. The molecule has 0 aromatic carbocycles. The van der Waals surface area contributed by atoms with Crippen molar-refractivity contribution in [2.75, 3.05) is 6.54 Å². The summed E-state index contributed by atoms with van der Waals surface area (Å²) in [5.74, 6) is 1.82. The van der Waals surface area contributed by atoms with Gasteiger partial charge in [-0.2, -0.15) is 0 Å². The minimum atomic E-state index is -0.0216. The molecule has 0 bridgehead atoms. The van der Waals surface area contributed by atoms with Crippen molar-refractivity contribution in [3.8, 4) is 0 Å². The number of aliphatic hydroxyl groups is 1. The summed E-state index contributed by atoms with van der Waals surface area (Å²) in [6.45, 7) is 3.62. The van der Waals surface area contributed by atoms with E-state index in [1.807, 2.05) is 0 Å². The summed E-state index contributed by atoms with van der Waals surface area (Å²) in [5, 5.41) is 13.2. The van der Waals surface area contributed by atoms with Crippen LogP contribution >= 0.6 is 0 Å². The van der Waals surface area contributed by atoms with Crippen LogP contribution in [0.2, 0.25) is 0 Å². The van der Waals surface area contributed by atoms with Gasteiger partial charge in [0.05, 0.1) is 6.10 Å². The van der Waals surface area contributed by atoms with Crippen LogP contribution in [0.1, 0.15) is 58.3 Å². The third-order valence-corrected chi connectivity index (χ3v) is 4.65. The van der Waals surface area contributed by atoms with E-state index in [4.69, 9.17) is 0 Å². The van der Waals surface area contributed by atoms with Crippen LogP contribution in [0.15, 0.2) is 0 Å². The molecule has 16 heavy (non-hydrogen) atoms. The summed E-state index contributed by atoms with van der Waals surface area (Å²) in [6, 6.07) is 0.678. The van der Waals surface area contributed by atoms with E-state index in [-0.39, 0.29) is 6.10 Å². The first kappa shape index (κ1) is 12.4. The summed E-state index contributed by atoms with van der Waals surface area (Å²) in [4.78, 5) is 0. The van der Waals surface area contributed by atoms with E-state index < -0.39 is 0 Å². The van der Waals surface area contributed by atoms with Crippen LogP contribution in [-0.4, -0.2) is 23.8 Å². The molecule has 94 valence electrons. The molecule has 0 amide bonds. The second-order valence-electron chi connectivity index (χ2n) is 5.94. The van der Waals surface area contributed by atoms with Crippen LogP contribution < -0.4 is 5.32 Å². The highest BCUT2D eigenvalue weighted by atomic mass is 16.3. The second kappa shape index (κ2) is 6.02. The third kappa shape index (κ3) is 3.46. The van der Waals surface area contributed by atoms with E-state index in [1.165, 1.54) is 45.1 Å². The Balaban J connectivity index is 1.66. The predicted octanol–water partition coefficient (Wildman–Crippen LogP) is 2.71. The molecule has 2 unspecified atom stereocenters. The van der Waals surface area contributed by atoms with Gasteiger partial charge in [0, 0.05) is 6.04 Å². The Hall–Kier alpha value is -0.0800. The Labute approximate surface area is 99.8 Å². The Morgan fingerprint density at radius 2 is 1.69 bits per heavy atom. The molecule has 0 aromatic rings. The smallest absolute Gasteiger partial charge is 0.0541 e. The zero-order valence-corrected chi connectivity index (χ0v) is 10.6. The van der Waals surface area contributed by atoms with Crippen LogP contribution in [0, 0.1) is 11.8 Å². The lowest BCUT2D eigenvalue weighted by atomic mass is 9.80. The maximum Gasteiger partial charge on any atom is 0.0541 e. The van der Waals surface area contributed by atoms with Gasteiger partial charge in [-0.1, -0.05) is 26.2 Å². The van der Waals surface area contributed by atoms with Gasteiger partial charge in [0.15, 0.2) is 0 Å². The molecular formula is C14H27NO. The molecule has 2 N–H and O–H groups in total. The molecule has 0 aliphatic heterocycles. The van der Waals surface area contributed by atoms with Gasteiger partial charge in [-0.25, -0.2) is 0 Å². The molecule has 2 saturated carbocycles. The summed E-state index contributed by atoms with van der Waals surface area (Å²) in [5.41, 5.74) is 0. The van der Waals surface area contributed by atoms with Crippen LogP contribution in [0.3, 0.4) is 0 Å². The zero-order valence-electron chi connectivity index (χ0n) is 10.6. The number of hydrogen-bond acceptors (Lipinski definition) is 2. The average Bonchev–Trinajstić information content (AvgIpc) is 2.30. The van der Waals surface area contributed by atoms with Gasteiger partial charge < -0.3 is 10.4 Å². The highest BCUT2D eigenvalue weighted by molar-refractivity contribution is 4.80. The first-order chi connectivity index (χ1) is 7.75. The topological polar surface area (TPSA) is 32.3 Å². The van der Waals surface area contributed by atoms with Crippen molar-refractivity contribution < 1.29 is 5.11 Å². The molecule has 0 saturated heterocycles. The van der Waals surface area contributed by atoms with E-state index in [0.717, 1.165) is 24.7 Å². The van der Waals surface area contributed by atoms with Crippen molar-refractivity contribution >= 4 is 0 Å². The van der Waals surface area contributed by atoms with E-state index in [0.29, 0.717) is 6.04 Å². The predicted molar refractivity (Wildman–Crippen MR) is 67.4 cm³/mol. The lowest BCUT2D eigenvalue weighted by Crippen LogP contribution is -2.39. The van der Waals surface area contributed by atoms with Gasteiger partial charge in [0.25, 0.3) is 0 Å². The van der Waals surface area contributed by atoms with E-state index in [9.17, 15) is 5.11 Å². The zero-order chi connectivity index (χ0) is 11.4.